The lowest BCUT2D eigenvalue weighted by Crippen LogP contribution is -2.17. The SMILES string of the molecule is CC(=O)OC(CC=C(C)CCC=C(C)C)C(C)=Cc1csc(C)n1. The van der Waals surface area contributed by atoms with Gasteiger partial charge in [-0.3, -0.25) is 4.79 Å². The molecule has 0 aliphatic rings. The Kier molecular flexibility index (Phi) is 8.69. The fourth-order valence-electron chi connectivity index (χ4n) is 2.30. The van der Waals surface area contributed by atoms with E-state index >= 15 is 0 Å². The zero-order valence-corrected chi connectivity index (χ0v) is 16.5. The number of hydrogen-bond acceptors (Lipinski definition) is 4. The molecule has 1 aromatic heterocycles. The molecule has 1 unspecified atom stereocenters. The fraction of sp³-hybridized carbons (Fsp3) is 0.500. The first-order valence-electron chi connectivity index (χ1n) is 8.34. The maximum absolute atomic E-state index is 11.4. The molecule has 0 aliphatic heterocycles. The van der Waals surface area contributed by atoms with Gasteiger partial charge in [0, 0.05) is 18.7 Å². The second kappa shape index (κ2) is 10.2. The molecule has 0 saturated carbocycles. The van der Waals surface area contributed by atoms with Crippen LogP contribution in [0.3, 0.4) is 0 Å². The van der Waals surface area contributed by atoms with Crippen molar-refractivity contribution in [3.05, 3.63) is 45.0 Å². The van der Waals surface area contributed by atoms with Gasteiger partial charge in [-0.05, 0) is 59.1 Å². The predicted molar refractivity (Wildman–Crippen MR) is 103 cm³/mol. The van der Waals surface area contributed by atoms with Crippen molar-refractivity contribution in [3.8, 4) is 0 Å². The number of ether oxygens (including phenoxy) is 1. The van der Waals surface area contributed by atoms with Gasteiger partial charge in [0.1, 0.15) is 6.10 Å². The van der Waals surface area contributed by atoms with Crippen molar-refractivity contribution in [2.45, 2.75) is 66.9 Å². The van der Waals surface area contributed by atoms with E-state index < -0.39 is 0 Å². The first kappa shape index (κ1) is 20.4. The smallest absolute Gasteiger partial charge is 0.303 e. The summed E-state index contributed by atoms with van der Waals surface area (Å²) >= 11 is 1.62. The van der Waals surface area contributed by atoms with Crippen LogP contribution in [0.5, 0.6) is 0 Å². The van der Waals surface area contributed by atoms with Crippen LogP contribution in [-0.4, -0.2) is 17.1 Å². The van der Waals surface area contributed by atoms with Crippen LogP contribution in [0.25, 0.3) is 6.08 Å². The molecule has 0 aliphatic carbocycles. The summed E-state index contributed by atoms with van der Waals surface area (Å²) in [7, 11) is 0. The number of rotatable bonds is 8. The van der Waals surface area contributed by atoms with Crippen LogP contribution in [0.15, 0.2) is 34.3 Å². The van der Waals surface area contributed by atoms with E-state index in [1.165, 1.54) is 18.1 Å². The fourth-order valence-corrected chi connectivity index (χ4v) is 2.87. The quantitative estimate of drug-likeness (QED) is 0.436. The van der Waals surface area contributed by atoms with Crippen LogP contribution in [0.1, 0.15) is 64.6 Å². The highest BCUT2D eigenvalue weighted by atomic mass is 32.1. The minimum absolute atomic E-state index is 0.233. The average molecular weight is 348 g/mol. The summed E-state index contributed by atoms with van der Waals surface area (Å²) in [5.74, 6) is -0.252. The molecule has 1 heterocycles. The Morgan fingerprint density at radius 1 is 1.25 bits per heavy atom. The monoisotopic (exact) mass is 347 g/mol. The Bertz CT molecular complexity index is 634. The van der Waals surface area contributed by atoms with Crippen molar-refractivity contribution in [1.29, 1.82) is 0 Å². The van der Waals surface area contributed by atoms with Crippen molar-refractivity contribution in [2.75, 3.05) is 0 Å². The average Bonchev–Trinajstić information content (AvgIpc) is 2.87. The van der Waals surface area contributed by atoms with Crippen LogP contribution in [0.2, 0.25) is 0 Å². The van der Waals surface area contributed by atoms with Crippen molar-refractivity contribution < 1.29 is 9.53 Å². The van der Waals surface area contributed by atoms with E-state index in [4.69, 9.17) is 4.74 Å². The molecule has 0 saturated heterocycles. The highest BCUT2D eigenvalue weighted by Crippen LogP contribution is 2.19. The van der Waals surface area contributed by atoms with Gasteiger partial charge in [-0.2, -0.15) is 0 Å². The van der Waals surface area contributed by atoms with E-state index in [1.54, 1.807) is 11.3 Å². The Balaban J connectivity index is 2.76. The van der Waals surface area contributed by atoms with Gasteiger partial charge in [-0.25, -0.2) is 4.98 Å². The second-order valence-electron chi connectivity index (χ2n) is 6.38. The molecule has 1 atom stereocenters. The summed E-state index contributed by atoms with van der Waals surface area (Å²) in [4.78, 5) is 15.9. The summed E-state index contributed by atoms with van der Waals surface area (Å²) in [5, 5.41) is 3.05. The molecule has 0 amide bonds. The van der Waals surface area contributed by atoms with Gasteiger partial charge < -0.3 is 4.74 Å². The van der Waals surface area contributed by atoms with Gasteiger partial charge in [0.25, 0.3) is 0 Å². The zero-order valence-electron chi connectivity index (χ0n) is 15.7. The minimum atomic E-state index is -0.252. The van der Waals surface area contributed by atoms with Gasteiger partial charge in [0.2, 0.25) is 0 Å². The molecule has 1 rings (SSSR count). The van der Waals surface area contributed by atoms with E-state index in [2.05, 4.69) is 37.9 Å². The van der Waals surface area contributed by atoms with Crippen LogP contribution in [0.4, 0.5) is 0 Å². The number of carbonyl (C=O) groups is 1. The molecule has 0 fully saturated rings. The highest BCUT2D eigenvalue weighted by molar-refractivity contribution is 7.09. The number of aromatic nitrogens is 1. The lowest BCUT2D eigenvalue weighted by Gasteiger charge is -2.16. The molecule has 0 aromatic carbocycles. The van der Waals surface area contributed by atoms with E-state index in [-0.39, 0.29) is 12.1 Å². The molecular formula is C20H29NO2S. The van der Waals surface area contributed by atoms with E-state index in [0.717, 1.165) is 29.1 Å². The van der Waals surface area contributed by atoms with Gasteiger partial charge in [0.15, 0.2) is 0 Å². The molecule has 0 N–H and O–H groups in total. The second-order valence-corrected chi connectivity index (χ2v) is 7.45. The zero-order chi connectivity index (χ0) is 18.1. The molecule has 1 aromatic rings. The summed E-state index contributed by atoms with van der Waals surface area (Å²) in [5.41, 5.74) is 4.61. The molecule has 24 heavy (non-hydrogen) atoms. The van der Waals surface area contributed by atoms with Gasteiger partial charge in [0.05, 0.1) is 10.7 Å². The molecule has 3 nitrogen and oxygen atoms in total. The third kappa shape index (κ3) is 8.25. The molecule has 0 bridgehead atoms. The first-order valence-corrected chi connectivity index (χ1v) is 9.22. The van der Waals surface area contributed by atoms with Crippen molar-refractivity contribution in [2.24, 2.45) is 0 Å². The summed E-state index contributed by atoms with van der Waals surface area (Å²) < 4.78 is 5.50. The van der Waals surface area contributed by atoms with E-state index in [9.17, 15) is 4.79 Å². The Hall–Kier alpha value is -1.68. The topological polar surface area (TPSA) is 39.2 Å². The standard InChI is InChI=1S/C20H29NO2S/c1-14(2)8-7-9-15(3)10-11-20(23-18(6)22)16(4)12-19-13-24-17(5)21-19/h8,10,12-13,20H,7,9,11H2,1-6H3. The number of aryl methyl sites for hydroxylation is 1. The Labute approximate surface area is 150 Å². The van der Waals surface area contributed by atoms with Crippen LogP contribution >= 0.6 is 11.3 Å². The summed E-state index contributed by atoms with van der Waals surface area (Å²) in [6, 6.07) is 0. The number of nitrogens with zero attached hydrogens (tertiary/aromatic N) is 1. The normalized spacial score (nSPS) is 13.6. The summed E-state index contributed by atoms with van der Waals surface area (Å²) in [6.07, 6.45) is 8.98. The molecule has 4 heteroatoms. The largest absolute Gasteiger partial charge is 0.458 e. The van der Waals surface area contributed by atoms with Gasteiger partial charge in [-0.15, -0.1) is 11.3 Å². The van der Waals surface area contributed by atoms with Crippen molar-refractivity contribution >= 4 is 23.4 Å². The lowest BCUT2D eigenvalue weighted by atomic mass is 10.0. The molecule has 132 valence electrons. The lowest BCUT2D eigenvalue weighted by molar-refractivity contribution is -0.144. The molecule has 0 spiro atoms. The van der Waals surface area contributed by atoms with E-state index in [0.29, 0.717) is 6.42 Å². The van der Waals surface area contributed by atoms with Gasteiger partial charge in [-0.1, -0.05) is 23.3 Å². The number of hydrogen-bond donors (Lipinski definition) is 0. The molecule has 0 radical (unpaired) electrons. The highest BCUT2D eigenvalue weighted by Gasteiger charge is 2.13. The third-order valence-corrected chi connectivity index (χ3v) is 4.39. The maximum Gasteiger partial charge on any atom is 0.303 e. The Morgan fingerprint density at radius 2 is 1.96 bits per heavy atom. The van der Waals surface area contributed by atoms with E-state index in [1.807, 2.05) is 25.3 Å². The summed E-state index contributed by atoms with van der Waals surface area (Å²) in [6.45, 7) is 11.8. The van der Waals surface area contributed by atoms with Crippen LogP contribution in [-0.2, 0) is 9.53 Å². The predicted octanol–water partition coefficient (Wildman–Crippen LogP) is 5.87. The number of esters is 1. The van der Waals surface area contributed by atoms with Gasteiger partial charge >= 0.3 is 5.97 Å². The van der Waals surface area contributed by atoms with Crippen LogP contribution < -0.4 is 0 Å². The van der Waals surface area contributed by atoms with Crippen molar-refractivity contribution in [3.63, 3.8) is 0 Å². The van der Waals surface area contributed by atoms with Crippen LogP contribution in [0, 0.1) is 6.92 Å². The number of carbonyl (C=O) groups excluding carboxylic acids is 1. The maximum atomic E-state index is 11.4. The van der Waals surface area contributed by atoms with Crippen molar-refractivity contribution in [1.82, 2.24) is 4.98 Å². The molecular weight excluding hydrogens is 318 g/mol. The minimum Gasteiger partial charge on any atom is -0.458 e. The number of allylic oxidation sites excluding steroid dienone is 3. The Morgan fingerprint density at radius 3 is 2.50 bits per heavy atom. The third-order valence-electron chi connectivity index (χ3n) is 3.60. The first-order chi connectivity index (χ1) is 11.3. The number of thiazole rings is 1.